The third-order valence-electron chi connectivity index (χ3n) is 3.63. The highest BCUT2D eigenvalue weighted by Gasteiger charge is 2.20. The molecule has 0 fully saturated rings. The maximum absolute atomic E-state index is 2.43. The van der Waals surface area contributed by atoms with Crippen LogP contribution in [0.3, 0.4) is 0 Å². The molecule has 0 radical (unpaired) electrons. The van der Waals surface area contributed by atoms with Crippen molar-refractivity contribution in [1.29, 1.82) is 0 Å². The van der Waals surface area contributed by atoms with E-state index in [0.717, 1.165) is 33.1 Å². The summed E-state index contributed by atoms with van der Waals surface area (Å²) in [5, 5.41) is 0. The molecule has 1 rings (SSSR count). The molecule has 0 saturated heterocycles. The van der Waals surface area contributed by atoms with Crippen LogP contribution in [0.15, 0.2) is 12.1 Å². The molecule has 0 aliphatic carbocycles. The summed E-state index contributed by atoms with van der Waals surface area (Å²) in [4.78, 5) is 0. The minimum Gasteiger partial charge on any atom is -0.327 e. The highest BCUT2D eigenvalue weighted by Crippen LogP contribution is 2.23. The minimum absolute atomic E-state index is 0.969. The first-order valence-electron chi connectivity index (χ1n) is 8.19. The minimum atomic E-state index is 0.969. The van der Waals surface area contributed by atoms with Crippen molar-refractivity contribution in [3.8, 4) is 0 Å². The summed E-state index contributed by atoms with van der Waals surface area (Å²) < 4.78 is 2.91. The highest BCUT2D eigenvalue weighted by molar-refractivity contribution is 5.37. The topological polar surface area (TPSA) is 0 Å². The molecule has 0 atom stereocenters. The Balaban J connectivity index is 3.30. The lowest BCUT2D eigenvalue weighted by molar-refractivity contribution is -0.885. The second-order valence-electron chi connectivity index (χ2n) is 9.88. The van der Waals surface area contributed by atoms with Crippen molar-refractivity contribution in [2.75, 3.05) is 63.4 Å². The van der Waals surface area contributed by atoms with E-state index in [1.807, 2.05) is 0 Å². The SMILES string of the molecule is Cc1c(C[N+](C)(C)C)cc(C[N+](C)(C)C)cc1C[N+](C)(C)C. The molecule has 0 aromatic heterocycles. The Bertz CT molecular complexity index is 474. The van der Waals surface area contributed by atoms with Crippen molar-refractivity contribution in [2.24, 2.45) is 0 Å². The van der Waals surface area contributed by atoms with Gasteiger partial charge in [-0.05, 0) is 24.6 Å². The van der Waals surface area contributed by atoms with Crippen molar-refractivity contribution in [3.63, 3.8) is 0 Å². The second-order valence-corrected chi connectivity index (χ2v) is 9.88. The van der Waals surface area contributed by atoms with E-state index in [-0.39, 0.29) is 0 Å². The summed E-state index contributed by atoms with van der Waals surface area (Å²) in [6.07, 6.45) is 0. The molecular weight excluding hydrogens is 270 g/mol. The Labute approximate surface area is 138 Å². The van der Waals surface area contributed by atoms with Gasteiger partial charge >= 0.3 is 0 Å². The highest BCUT2D eigenvalue weighted by atomic mass is 15.3. The maximum Gasteiger partial charge on any atom is 0.104 e. The molecule has 0 N–H and O–H groups in total. The molecule has 0 spiro atoms. The van der Waals surface area contributed by atoms with Crippen molar-refractivity contribution in [3.05, 3.63) is 34.4 Å². The fraction of sp³-hybridized carbons (Fsp3) is 0.684. The average molecular weight is 309 g/mol. The van der Waals surface area contributed by atoms with E-state index >= 15 is 0 Å². The number of benzene rings is 1. The molecule has 0 heterocycles. The van der Waals surface area contributed by atoms with E-state index < -0.39 is 0 Å². The van der Waals surface area contributed by atoms with Crippen molar-refractivity contribution in [2.45, 2.75) is 26.6 Å². The zero-order chi connectivity index (χ0) is 17.3. The largest absolute Gasteiger partial charge is 0.327 e. The van der Waals surface area contributed by atoms with Gasteiger partial charge in [0.1, 0.15) is 19.6 Å². The van der Waals surface area contributed by atoms with Gasteiger partial charge in [-0.1, -0.05) is 0 Å². The van der Waals surface area contributed by atoms with Gasteiger partial charge in [-0.15, -0.1) is 0 Å². The van der Waals surface area contributed by atoms with E-state index in [0.29, 0.717) is 0 Å². The van der Waals surface area contributed by atoms with Gasteiger partial charge in [0.25, 0.3) is 0 Å². The zero-order valence-electron chi connectivity index (χ0n) is 16.6. The Morgan fingerprint density at radius 3 is 1.18 bits per heavy atom. The molecule has 3 nitrogen and oxygen atoms in total. The molecule has 126 valence electrons. The predicted octanol–water partition coefficient (Wildman–Crippen LogP) is 2.61. The first kappa shape index (κ1) is 19.1. The lowest BCUT2D eigenvalue weighted by Crippen LogP contribution is -2.36. The standard InChI is InChI=1S/C19H38N3/c1-16-18(14-21(5,6)7)11-17(13-20(2,3)4)12-19(16)15-22(8,9)10/h11-12H,13-15H2,1-10H3/q+3. The molecule has 0 amide bonds. The molecule has 1 aromatic carbocycles. The van der Waals surface area contributed by atoms with Crippen LogP contribution in [-0.4, -0.2) is 76.9 Å². The van der Waals surface area contributed by atoms with Crippen molar-refractivity contribution < 1.29 is 13.4 Å². The van der Waals surface area contributed by atoms with Crippen LogP contribution in [0.4, 0.5) is 0 Å². The summed E-state index contributed by atoms with van der Waals surface area (Å²) in [5.41, 5.74) is 5.94. The van der Waals surface area contributed by atoms with Crippen LogP contribution in [0.1, 0.15) is 22.3 Å². The fourth-order valence-corrected chi connectivity index (χ4v) is 2.90. The summed E-state index contributed by atoms with van der Waals surface area (Å²) in [6.45, 7) is 5.54. The van der Waals surface area contributed by atoms with Gasteiger partial charge in [0.2, 0.25) is 0 Å². The number of nitrogens with zero attached hydrogens (tertiary/aromatic N) is 3. The fourth-order valence-electron chi connectivity index (χ4n) is 2.90. The summed E-state index contributed by atoms with van der Waals surface area (Å²) >= 11 is 0. The lowest BCUT2D eigenvalue weighted by atomic mass is 9.96. The average Bonchev–Trinajstić information content (AvgIpc) is 2.18. The normalized spacial score (nSPS) is 13.5. The van der Waals surface area contributed by atoms with Crippen LogP contribution in [0, 0.1) is 6.92 Å². The molecule has 0 bridgehead atoms. The lowest BCUT2D eigenvalue weighted by Gasteiger charge is -2.30. The molecule has 0 aliphatic rings. The smallest absolute Gasteiger partial charge is 0.104 e. The summed E-state index contributed by atoms with van der Waals surface area (Å²) in [6, 6.07) is 4.86. The van der Waals surface area contributed by atoms with Gasteiger partial charge < -0.3 is 13.4 Å². The van der Waals surface area contributed by atoms with E-state index in [2.05, 4.69) is 82.5 Å². The molecule has 0 unspecified atom stereocenters. The number of hydrogen-bond donors (Lipinski definition) is 0. The summed E-state index contributed by atoms with van der Waals surface area (Å²) in [7, 11) is 20.4. The van der Waals surface area contributed by atoms with Gasteiger partial charge in [0, 0.05) is 16.7 Å². The Morgan fingerprint density at radius 2 is 0.909 bits per heavy atom. The Kier molecular flexibility index (Phi) is 5.49. The van der Waals surface area contributed by atoms with Crippen molar-refractivity contribution in [1.82, 2.24) is 0 Å². The second kappa shape index (κ2) is 6.31. The first-order chi connectivity index (χ1) is 9.66. The Hall–Kier alpha value is -0.900. The predicted molar refractivity (Wildman–Crippen MR) is 96.4 cm³/mol. The quantitative estimate of drug-likeness (QED) is 0.709. The van der Waals surface area contributed by atoms with Gasteiger partial charge in [0.15, 0.2) is 0 Å². The first-order valence-corrected chi connectivity index (χ1v) is 8.19. The number of quaternary nitrogens is 3. The molecule has 0 saturated carbocycles. The van der Waals surface area contributed by atoms with Crippen LogP contribution in [0.5, 0.6) is 0 Å². The molecule has 0 aliphatic heterocycles. The van der Waals surface area contributed by atoms with Crippen LogP contribution in [-0.2, 0) is 19.6 Å². The monoisotopic (exact) mass is 308 g/mol. The van der Waals surface area contributed by atoms with Gasteiger partial charge in [-0.25, -0.2) is 0 Å². The molecule has 1 aromatic rings. The van der Waals surface area contributed by atoms with E-state index in [4.69, 9.17) is 0 Å². The molecular formula is C19H38N3+3. The third-order valence-corrected chi connectivity index (χ3v) is 3.63. The zero-order valence-corrected chi connectivity index (χ0v) is 16.6. The molecule has 3 heteroatoms. The van der Waals surface area contributed by atoms with Crippen LogP contribution >= 0.6 is 0 Å². The van der Waals surface area contributed by atoms with E-state index in [1.54, 1.807) is 0 Å². The number of hydrogen-bond acceptors (Lipinski definition) is 0. The van der Waals surface area contributed by atoms with Gasteiger partial charge in [-0.2, -0.15) is 0 Å². The maximum atomic E-state index is 2.43. The van der Waals surface area contributed by atoms with Crippen LogP contribution < -0.4 is 0 Å². The van der Waals surface area contributed by atoms with Gasteiger partial charge in [-0.3, -0.25) is 0 Å². The Morgan fingerprint density at radius 1 is 0.591 bits per heavy atom. The van der Waals surface area contributed by atoms with Crippen molar-refractivity contribution >= 4 is 0 Å². The third kappa shape index (κ3) is 6.91. The number of rotatable bonds is 6. The van der Waals surface area contributed by atoms with Crippen LogP contribution in [0.2, 0.25) is 0 Å². The van der Waals surface area contributed by atoms with Crippen LogP contribution in [0.25, 0.3) is 0 Å². The molecule has 22 heavy (non-hydrogen) atoms. The van der Waals surface area contributed by atoms with Gasteiger partial charge in [0.05, 0.1) is 63.4 Å². The van der Waals surface area contributed by atoms with E-state index in [1.165, 1.54) is 22.3 Å². The summed E-state index contributed by atoms with van der Waals surface area (Å²) in [5.74, 6) is 0. The van der Waals surface area contributed by atoms with E-state index in [9.17, 15) is 0 Å².